The molecular weight excluding hydrogens is 1870 g/mol. The van der Waals surface area contributed by atoms with Gasteiger partial charge in [-0.05, 0) is 223 Å². The van der Waals surface area contributed by atoms with Crippen molar-refractivity contribution >= 4 is 58.2 Å². The average Bonchev–Trinajstić information content (AvgIpc) is 1.31. The summed E-state index contributed by atoms with van der Waals surface area (Å²) in [5.74, 6) is 9.62. The second-order valence-electron chi connectivity index (χ2n) is 43.7. The Morgan fingerprint density at radius 3 is 1.00 bits per heavy atom. The summed E-state index contributed by atoms with van der Waals surface area (Å²) in [5.41, 5.74) is 56.1. The summed E-state index contributed by atoms with van der Waals surface area (Å²) in [6, 6.07) is 34.1. The lowest BCUT2D eigenvalue weighted by molar-refractivity contribution is 0.173. The third-order valence-corrected chi connectivity index (χ3v) is 30.9. The van der Waals surface area contributed by atoms with Crippen LogP contribution >= 0.6 is 0 Å². The van der Waals surface area contributed by atoms with Gasteiger partial charge in [-0.2, -0.15) is 49.8 Å². The number of nitrogens with one attached hydrogen (secondary N) is 1. The molecule has 0 radical (unpaired) electrons. The van der Waals surface area contributed by atoms with Crippen LogP contribution in [0.1, 0.15) is 254 Å². The van der Waals surface area contributed by atoms with E-state index in [-0.39, 0.29) is 0 Å². The molecule has 30 nitrogen and oxygen atoms in total. The van der Waals surface area contributed by atoms with Crippen LogP contribution in [0.15, 0.2) is 146 Å². The fourth-order valence-corrected chi connectivity index (χ4v) is 21.9. The van der Waals surface area contributed by atoms with Crippen LogP contribution in [0.25, 0.3) is 0 Å². The lowest BCUT2D eigenvalue weighted by Gasteiger charge is -2.35. The predicted molar refractivity (Wildman–Crippen MR) is 610 cm³/mol. The minimum Gasteiger partial charge on any atom is -0.463 e. The van der Waals surface area contributed by atoms with E-state index in [1.165, 1.54) is 144 Å². The first-order valence-electron chi connectivity index (χ1n) is 56.4. The number of likely N-dealkylation sites (N-methyl/N-ethyl adjacent to an activating group) is 1. The summed E-state index contributed by atoms with van der Waals surface area (Å²) < 4.78 is 28.8. The van der Waals surface area contributed by atoms with Gasteiger partial charge in [-0.3, -0.25) is 19.6 Å². The van der Waals surface area contributed by atoms with Gasteiger partial charge in [0.1, 0.15) is 58.2 Å². The molecule has 4 aromatic carbocycles. The summed E-state index contributed by atoms with van der Waals surface area (Å²) in [6.07, 6.45) is 27.6. The number of benzene rings is 4. The van der Waals surface area contributed by atoms with Crippen LogP contribution in [0.4, 0.5) is 58.2 Å². The lowest BCUT2D eigenvalue weighted by atomic mass is 9.92. The first-order chi connectivity index (χ1) is 72.9. The number of nitrogens with two attached hydrogens (primary N) is 5. The van der Waals surface area contributed by atoms with Gasteiger partial charge in [-0.25, -0.2) is 0 Å². The number of nitrogens with zero attached hydrogens (tertiary/aromatic N) is 19. The normalized spacial score (nSPS) is 17.3. The Balaban J connectivity index is 0.000000134. The van der Waals surface area contributed by atoms with Gasteiger partial charge in [0.15, 0.2) is 0 Å². The Labute approximate surface area is 893 Å². The first-order valence-corrected chi connectivity index (χ1v) is 56.4. The van der Waals surface area contributed by atoms with E-state index >= 15 is 0 Å². The van der Waals surface area contributed by atoms with E-state index in [0.717, 1.165) is 331 Å². The highest BCUT2D eigenvalue weighted by Crippen LogP contribution is 2.42. The zero-order chi connectivity index (χ0) is 105. The van der Waals surface area contributed by atoms with E-state index in [9.17, 15) is 0 Å². The number of nitrogen functional groups attached to an aromatic ring is 5. The molecule has 9 aromatic rings. The zero-order valence-corrected chi connectivity index (χ0v) is 91.5. The number of fused-ring (bicyclic) bond motifs is 8. The Morgan fingerprint density at radius 2 is 0.653 bits per heavy atom. The predicted octanol–water partition coefficient (Wildman–Crippen LogP) is 19.0. The highest BCUT2D eigenvalue weighted by molar-refractivity contribution is 5.68. The quantitative estimate of drug-likeness (QED) is 0.0155. The molecule has 0 bridgehead atoms. The minimum atomic E-state index is 0.376. The molecule has 2 saturated heterocycles. The second kappa shape index (κ2) is 54.2. The number of hydrogen-bond acceptors (Lipinski definition) is 30. The van der Waals surface area contributed by atoms with Crippen LogP contribution < -0.4 is 82.2 Å². The average molecular weight is 2040 g/mol. The van der Waals surface area contributed by atoms with Crippen molar-refractivity contribution in [2.24, 2.45) is 17.8 Å². The molecule has 150 heavy (non-hydrogen) atoms. The van der Waals surface area contributed by atoms with Gasteiger partial charge in [0.2, 0.25) is 0 Å². The van der Waals surface area contributed by atoms with E-state index in [1.54, 1.807) is 0 Å². The van der Waals surface area contributed by atoms with Crippen molar-refractivity contribution < 1.29 is 23.7 Å². The second-order valence-corrected chi connectivity index (χ2v) is 43.7. The molecule has 10 aliphatic heterocycles. The molecule has 11 N–H and O–H groups in total. The van der Waals surface area contributed by atoms with Crippen molar-refractivity contribution in [1.29, 1.82) is 0 Å². The third kappa shape index (κ3) is 30.6. The molecule has 0 amide bonds. The monoisotopic (exact) mass is 2040 g/mol. The fraction of sp³-hybridized carbons (Fsp3) is 0.550. The number of aromatic nitrogens is 10. The van der Waals surface area contributed by atoms with Gasteiger partial charge in [0.25, 0.3) is 0 Å². The Morgan fingerprint density at radius 1 is 0.327 bits per heavy atom. The summed E-state index contributed by atoms with van der Waals surface area (Å²) in [6.45, 7) is 64.7. The first kappa shape index (κ1) is 110. The van der Waals surface area contributed by atoms with Crippen molar-refractivity contribution in [1.82, 2.24) is 74.8 Å². The molecule has 5 aromatic heterocycles. The van der Waals surface area contributed by atoms with Gasteiger partial charge in [0.05, 0.1) is 33.0 Å². The van der Waals surface area contributed by atoms with Crippen molar-refractivity contribution in [3.8, 4) is 30.1 Å². The number of anilines is 10. The van der Waals surface area contributed by atoms with Crippen LogP contribution in [-0.2, 0) is 97.2 Å². The van der Waals surface area contributed by atoms with E-state index in [1.807, 2.05) is 0 Å². The highest BCUT2D eigenvalue weighted by atomic mass is 16.5. The van der Waals surface area contributed by atoms with Crippen LogP contribution in [0.2, 0.25) is 0 Å². The molecule has 20 rings (SSSR count). The van der Waals surface area contributed by atoms with Gasteiger partial charge < -0.3 is 82.2 Å². The minimum absolute atomic E-state index is 0.376. The van der Waals surface area contributed by atoms with Gasteiger partial charge in [-0.1, -0.05) is 219 Å². The number of likely N-dealkylation sites (tertiary alicyclic amines) is 1. The summed E-state index contributed by atoms with van der Waals surface area (Å²) in [7, 11) is 0. The molecule has 0 atom stereocenters. The van der Waals surface area contributed by atoms with Crippen molar-refractivity contribution in [3.63, 3.8) is 0 Å². The molecule has 806 valence electrons. The number of piperidine rings is 2. The summed E-state index contributed by atoms with van der Waals surface area (Å²) in [4.78, 5) is 67.2. The van der Waals surface area contributed by atoms with E-state index in [0.29, 0.717) is 98.2 Å². The molecule has 0 unspecified atom stereocenters. The summed E-state index contributed by atoms with van der Waals surface area (Å²) in [5, 5.41) is 3.43. The van der Waals surface area contributed by atoms with E-state index < -0.39 is 0 Å². The number of ether oxygens (including phenoxy) is 5. The number of unbranched alkanes of at least 4 members (excludes halogenated alkanes) is 5. The van der Waals surface area contributed by atoms with Crippen molar-refractivity contribution in [2.45, 2.75) is 274 Å². The van der Waals surface area contributed by atoms with Gasteiger partial charge >= 0.3 is 30.1 Å². The van der Waals surface area contributed by atoms with Crippen LogP contribution in [0.5, 0.6) is 30.1 Å². The Bertz CT molecular complexity index is 6040. The number of hydrogen-bond donors (Lipinski definition) is 6. The molecule has 1 aliphatic carbocycles. The van der Waals surface area contributed by atoms with E-state index in [4.69, 9.17) is 72.3 Å². The van der Waals surface area contributed by atoms with Crippen LogP contribution in [0.3, 0.4) is 0 Å². The van der Waals surface area contributed by atoms with E-state index in [2.05, 4.69) is 253 Å². The van der Waals surface area contributed by atoms with Crippen LogP contribution in [-0.4, -0.2) is 213 Å². The maximum absolute atomic E-state index is 6.30. The number of rotatable bonds is 38. The largest absolute Gasteiger partial charge is 0.463 e. The molecule has 0 spiro atoms. The summed E-state index contributed by atoms with van der Waals surface area (Å²) >= 11 is 0. The highest BCUT2D eigenvalue weighted by Gasteiger charge is 2.35. The smallest absolute Gasteiger partial charge is 0.320 e. The van der Waals surface area contributed by atoms with Gasteiger partial charge in [0, 0.05) is 184 Å². The van der Waals surface area contributed by atoms with Crippen molar-refractivity contribution in [2.75, 3.05) is 191 Å². The maximum atomic E-state index is 6.30. The SMILES string of the molecule is C=C1Cc2c(N)nc(OCCCC)nc2N(CCC2CCN(Cc3ccccc3)CC2)C1.C=C1Cc2c(N)nc(OCCCC)nc2N(CCC2CCNCC2)C1.C=C1Cc2c(N)nc(OCCCC)nc2N(Cc2ccc3c(c2)CCN(C(C)C)C3)C1.C=C1Cc2c(N)nc(OCCCC)nc2N(Cc2ccc3c(c2)CCN(CC)C3)C1.C=C1Cc2c(N)nc(OCCCC)nc2N(Cc2ccc3c(c2)CCN(CC2CC2)C3)C1. The Kier molecular flexibility index (Phi) is 39.9. The zero-order valence-electron chi connectivity index (χ0n) is 91.5. The van der Waals surface area contributed by atoms with Gasteiger partial charge in [-0.15, -0.1) is 0 Å². The molecule has 11 aliphatic rings. The molecule has 1 saturated carbocycles. The van der Waals surface area contributed by atoms with Crippen LogP contribution in [0, 0.1) is 17.8 Å². The Hall–Kier alpha value is -12.2. The molecule has 15 heterocycles. The topological polar surface area (TPSA) is 346 Å². The van der Waals surface area contributed by atoms with Crippen molar-refractivity contribution in [3.05, 3.63) is 229 Å². The molecular formula is C120H171N25O5. The fourth-order valence-electron chi connectivity index (χ4n) is 21.9. The lowest BCUT2D eigenvalue weighted by Crippen LogP contribution is -2.37. The third-order valence-electron chi connectivity index (χ3n) is 30.9. The molecule has 30 heteroatoms. The standard InChI is InChI=1S/C26H35N5O.C26H37N5O.C25H35N5O.C24H33N5O.C19H31N5O/c1-3-4-11-32-26-28-24(27)23-12-18(2)14-31(25(23)29-26)16-20-7-8-22-17-30(15-19-5-6-19)10-9-21(22)13-20;1-3-4-16-32-26-28-24(27)23-17-20(2)18-31(25(23)29-26)15-12-21-10-13-30(14-11-21)19-22-8-6-5-7-9-22;1-5-6-11-31-25-27-23(26)22-12-18(4)14-30(24(22)28-25)15-19-7-8-21-16-29(17(2)3)10-9-20(21)13-19;1-4-6-11-30-24-26-22(25)21-12-17(3)14-29(23(21)27-24)15-18-7-8-20-16-28(5-2)10-9-19(20)13-18;1-3-4-11-25-19-22-17(20)16-12-14(2)13-24(18(16)23-19)10-7-15-5-8-21-9-6-15/h7-8,13,19H,2-6,9-12,14-17H2,1H3,(H2,27,28,29);5-9,21H,2-4,10-19H2,1H3,(H2,27,28,29);7-8,13,17H,4-6,9-12,14-16H2,1-3H3,(H2,26,27,28);7-8,13H,3-6,9-12,14-16H2,1-2H3,(H2,25,26,27);15,21H,2-13H2,1H3,(H2,20,22,23). The maximum Gasteiger partial charge on any atom is 0.320 e. The molecule has 3 fully saturated rings.